The van der Waals surface area contributed by atoms with Gasteiger partial charge in [0.05, 0.1) is 6.61 Å². The van der Waals surface area contributed by atoms with Crippen molar-refractivity contribution in [3.05, 3.63) is 0 Å². The lowest BCUT2D eigenvalue weighted by Crippen LogP contribution is -2.94. The lowest BCUT2D eigenvalue weighted by molar-refractivity contribution is -0.594. The molecule has 0 aromatic heterocycles. The minimum Gasteiger partial charge on any atom is -0.320 e. The summed E-state index contributed by atoms with van der Waals surface area (Å²) in [6.07, 6.45) is -63.7. The van der Waals surface area contributed by atoms with Crippen LogP contribution in [0.1, 0.15) is 19.8 Å². The maximum absolute atomic E-state index is 15.9. The fourth-order valence-corrected chi connectivity index (χ4v) is 5.07. The largest absolute Gasteiger partial charge is 0.459 e. The van der Waals surface area contributed by atoms with Crippen LogP contribution >= 0.6 is 0 Å². The van der Waals surface area contributed by atoms with Gasteiger partial charge in [0.25, 0.3) is 0 Å². The monoisotopic (exact) mass is 992 g/mol. The SMILES string of the molecule is CCCCOC(F)(F)C(C(F)(F)C(F)(F)C(F)(F)F)(C(F)(F)C(F)(F)C(F)(F)F)C(C(F)(F)C(F)(F)C(F)(F)F)(C(F)(F)C(F)(F)C(F)(F)F)C(F)(F)C(F)(F)C(F)(F)F. The second-order valence-corrected chi connectivity index (χ2v) is 11.5. The van der Waals surface area contributed by atoms with E-state index in [1.807, 2.05) is 4.74 Å². The summed E-state index contributed by atoms with van der Waals surface area (Å²) in [7, 11) is 0. The van der Waals surface area contributed by atoms with Crippen molar-refractivity contribution in [2.75, 3.05) is 6.61 Å². The Morgan fingerprint density at radius 2 is 0.417 bits per heavy atom. The molecule has 0 aliphatic carbocycles. The summed E-state index contributed by atoms with van der Waals surface area (Å²) in [5.41, 5.74) is -25.8. The van der Waals surface area contributed by atoms with Crippen LogP contribution in [-0.4, -0.2) is 103 Å². The van der Waals surface area contributed by atoms with E-state index in [4.69, 9.17) is 0 Å². The van der Waals surface area contributed by atoms with Crippen molar-refractivity contribution >= 4 is 0 Å². The molecule has 362 valence electrons. The Balaban J connectivity index is 12.0. The van der Waals surface area contributed by atoms with E-state index in [2.05, 4.69) is 0 Å². The van der Waals surface area contributed by atoms with Crippen LogP contribution in [0, 0.1) is 10.8 Å². The summed E-state index contributed by atoms with van der Waals surface area (Å²) in [6.45, 7) is -3.47. The zero-order chi connectivity index (χ0) is 49.8. The molecule has 0 aliphatic heterocycles. The number of hydrogen-bond donors (Lipinski definition) is 0. The van der Waals surface area contributed by atoms with Crippen molar-refractivity contribution in [2.45, 2.75) is 116 Å². The second kappa shape index (κ2) is 14.4. The van der Waals surface area contributed by atoms with Crippen molar-refractivity contribution in [3.8, 4) is 0 Å². The quantitative estimate of drug-likeness (QED) is 0.111. The standard InChI is InChI=1S/C22H9F37O/c1-2-3-4-60-22(58,59)6(10(29,30)15(39,40)20(52,53)54,11(31,32)16(41,42)21(55,56)57)5(7(23,24)12(33,34)17(43,44)45,8(25,26)13(35,36)18(46,47)48)9(27,28)14(37,38)19(49,50)51/h2-4H2,1H3. The van der Waals surface area contributed by atoms with Crippen molar-refractivity contribution in [2.24, 2.45) is 10.8 Å². The highest BCUT2D eigenvalue weighted by molar-refractivity contribution is 5.37. The lowest BCUT2D eigenvalue weighted by Gasteiger charge is -2.65. The van der Waals surface area contributed by atoms with Crippen LogP contribution in [-0.2, 0) is 4.74 Å². The smallest absolute Gasteiger partial charge is 0.320 e. The maximum Gasteiger partial charge on any atom is 0.459 e. The molecule has 0 bridgehead atoms. The first-order valence-corrected chi connectivity index (χ1v) is 13.4. The first-order valence-electron chi connectivity index (χ1n) is 13.4. The van der Waals surface area contributed by atoms with Crippen molar-refractivity contribution in [1.29, 1.82) is 0 Å². The number of halogens is 37. The predicted octanol–water partition coefficient (Wildman–Crippen LogP) is 13.5. The first kappa shape index (κ1) is 57.4. The van der Waals surface area contributed by atoms with Gasteiger partial charge in [0.2, 0.25) is 10.8 Å². The molecule has 0 aromatic rings. The third kappa shape index (κ3) is 6.69. The van der Waals surface area contributed by atoms with E-state index in [1.54, 1.807) is 0 Å². The Morgan fingerprint density at radius 3 is 0.567 bits per heavy atom. The van der Waals surface area contributed by atoms with Gasteiger partial charge in [-0.2, -0.15) is 162 Å². The number of unbranched alkanes of at least 4 members (excludes halogenated alkanes) is 1. The highest BCUT2D eigenvalue weighted by Crippen LogP contribution is 2.87. The molecule has 0 aromatic carbocycles. The summed E-state index contributed by atoms with van der Waals surface area (Å²) in [5, 5.41) is 0. The zero-order valence-corrected chi connectivity index (χ0v) is 26.5. The van der Waals surface area contributed by atoms with Crippen LogP contribution in [0.2, 0.25) is 0 Å². The normalized spacial score (nSPS) is 17.1. The van der Waals surface area contributed by atoms with Crippen LogP contribution in [0.3, 0.4) is 0 Å². The van der Waals surface area contributed by atoms with Gasteiger partial charge in [-0.3, -0.25) is 0 Å². The van der Waals surface area contributed by atoms with Gasteiger partial charge in [0, 0.05) is 0 Å². The first-order chi connectivity index (χ1) is 25.3. The molecule has 60 heavy (non-hydrogen) atoms. The molecule has 0 saturated carbocycles. The molecule has 1 nitrogen and oxygen atoms in total. The Bertz CT molecular complexity index is 1360. The van der Waals surface area contributed by atoms with Crippen LogP contribution < -0.4 is 0 Å². The Morgan fingerprint density at radius 1 is 0.250 bits per heavy atom. The second-order valence-electron chi connectivity index (χ2n) is 11.5. The average Bonchev–Trinajstić information content (AvgIpc) is 2.95. The molecule has 0 heterocycles. The maximum atomic E-state index is 15.9. The van der Waals surface area contributed by atoms with Crippen LogP contribution in [0.4, 0.5) is 162 Å². The number of ether oxygens (including phenoxy) is 1. The van der Waals surface area contributed by atoms with Crippen LogP contribution in [0.25, 0.3) is 0 Å². The summed E-state index contributed by atoms with van der Waals surface area (Å²) in [5.74, 6) is -114. The molecule has 0 spiro atoms. The molecule has 38 heteroatoms. The van der Waals surface area contributed by atoms with E-state index in [-0.39, 0.29) is 6.92 Å². The minimum absolute atomic E-state index is 0.214. The Kier molecular flexibility index (Phi) is 13.8. The van der Waals surface area contributed by atoms with Gasteiger partial charge in [-0.15, -0.1) is 0 Å². The predicted molar refractivity (Wildman–Crippen MR) is 110 cm³/mol. The van der Waals surface area contributed by atoms with Crippen LogP contribution in [0.5, 0.6) is 0 Å². The summed E-state index contributed by atoms with van der Waals surface area (Å²) in [6, 6.07) is 0. The van der Waals surface area contributed by atoms with Crippen molar-refractivity contribution in [1.82, 2.24) is 0 Å². The molecule has 0 fully saturated rings. The summed E-state index contributed by atoms with van der Waals surface area (Å²) < 4.78 is 536. The molecule has 0 N–H and O–H groups in total. The van der Waals surface area contributed by atoms with Gasteiger partial charge in [0.15, 0.2) is 0 Å². The van der Waals surface area contributed by atoms with Crippen LogP contribution in [0.15, 0.2) is 0 Å². The van der Waals surface area contributed by atoms with Crippen molar-refractivity contribution < 1.29 is 167 Å². The molecule has 0 saturated heterocycles. The molecule has 0 rings (SSSR count). The Hall–Kier alpha value is -2.63. The molecule has 0 atom stereocenters. The van der Waals surface area contributed by atoms with Gasteiger partial charge in [-0.05, 0) is 6.42 Å². The average molecular weight is 992 g/mol. The number of alkyl halides is 37. The molecule has 0 unspecified atom stereocenters. The van der Waals surface area contributed by atoms with Gasteiger partial charge in [0.1, 0.15) is 0 Å². The fourth-order valence-electron chi connectivity index (χ4n) is 5.07. The summed E-state index contributed by atoms with van der Waals surface area (Å²) >= 11 is 0. The highest BCUT2D eigenvalue weighted by Gasteiger charge is 3.15. The lowest BCUT2D eigenvalue weighted by atomic mass is 9.43. The fraction of sp³-hybridized carbons (Fsp3) is 1.00. The van der Waals surface area contributed by atoms with E-state index in [0.717, 1.165) is 0 Å². The zero-order valence-electron chi connectivity index (χ0n) is 26.5. The van der Waals surface area contributed by atoms with Gasteiger partial charge in [-0.1, -0.05) is 13.3 Å². The third-order valence-electron chi connectivity index (χ3n) is 7.89. The highest BCUT2D eigenvalue weighted by atomic mass is 19.5. The van der Waals surface area contributed by atoms with E-state index < -0.39 is 126 Å². The van der Waals surface area contributed by atoms with Gasteiger partial charge >= 0.3 is 96.2 Å². The van der Waals surface area contributed by atoms with E-state index in [0.29, 0.717) is 0 Å². The molecule has 0 amide bonds. The molecular formula is C22H9F37O. The van der Waals surface area contributed by atoms with E-state index in [1.165, 1.54) is 0 Å². The van der Waals surface area contributed by atoms with Crippen molar-refractivity contribution in [3.63, 3.8) is 0 Å². The number of hydrogen-bond acceptors (Lipinski definition) is 1. The molecule has 0 radical (unpaired) electrons. The Labute approximate surface area is 302 Å². The van der Waals surface area contributed by atoms with E-state index >= 15 is 52.7 Å². The molecular weight excluding hydrogens is 983 g/mol. The molecule has 0 aliphatic rings. The summed E-state index contributed by atoms with van der Waals surface area (Å²) in [4.78, 5) is 0. The number of rotatable bonds is 16. The van der Waals surface area contributed by atoms with Gasteiger partial charge < -0.3 is 4.74 Å². The van der Waals surface area contributed by atoms with E-state index in [9.17, 15) is 110 Å². The minimum atomic E-state index is -13.1. The van der Waals surface area contributed by atoms with Gasteiger partial charge in [-0.25, -0.2) is 0 Å². The topological polar surface area (TPSA) is 9.23 Å². The third-order valence-corrected chi connectivity index (χ3v) is 7.89.